The summed E-state index contributed by atoms with van der Waals surface area (Å²) in [6.07, 6.45) is 0. The van der Waals surface area contributed by atoms with Gasteiger partial charge < -0.3 is 13.9 Å². The molecule has 0 aliphatic rings. The Labute approximate surface area is 177 Å². The van der Waals surface area contributed by atoms with E-state index in [0.29, 0.717) is 41.7 Å². The predicted molar refractivity (Wildman–Crippen MR) is 118 cm³/mol. The van der Waals surface area contributed by atoms with Crippen molar-refractivity contribution in [2.45, 2.75) is 45.5 Å². The van der Waals surface area contributed by atoms with E-state index in [9.17, 15) is 0 Å². The van der Waals surface area contributed by atoms with Crippen LogP contribution in [0.5, 0.6) is 11.6 Å². The third kappa shape index (κ3) is 6.33. The molecule has 0 unspecified atom stereocenters. The van der Waals surface area contributed by atoms with Gasteiger partial charge in [-0.15, -0.1) is 0 Å². The second-order valence-electron chi connectivity index (χ2n) is 7.95. The topological polar surface area (TPSA) is 44.9 Å². The van der Waals surface area contributed by atoms with E-state index in [0.717, 1.165) is 5.56 Å². The van der Waals surface area contributed by atoms with Crippen LogP contribution >= 0.6 is 15.9 Å². The summed E-state index contributed by atoms with van der Waals surface area (Å²) in [5, 5.41) is 0.160. The Kier molecular flexibility index (Phi) is 7.64. The molecular formula is C21H27BrN2O3Si. The van der Waals surface area contributed by atoms with Crippen LogP contribution < -0.4 is 9.47 Å². The monoisotopic (exact) mass is 462 g/mol. The molecule has 1 heterocycles. The zero-order chi connectivity index (χ0) is 20.8. The Balaban J connectivity index is 2.01. The molecule has 0 saturated carbocycles. The molecule has 0 atom stereocenters. The Morgan fingerprint density at radius 1 is 1.11 bits per heavy atom. The van der Waals surface area contributed by atoms with Crippen LogP contribution in [0.25, 0.3) is 4.85 Å². The predicted octanol–water partition coefficient (Wildman–Crippen LogP) is 6.37. The SMILES string of the molecule is [C-]#[N+]c1ccc(COc2cccc(Br)n2)c(OCCO[Si](C)(C)C(C)(C)C)c1. The minimum Gasteiger partial charge on any atom is -0.492 e. The highest BCUT2D eigenvalue weighted by atomic mass is 79.9. The van der Waals surface area contributed by atoms with Crippen molar-refractivity contribution in [3.05, 3.63) is 58.0 Å². The standard InChI is InChI=1S/C21H27BrN2O3Si/c1-21(2,3)28(5,6)27-13-12-25-18-14-17(23-4)11-10-16(18)15-26-20-9-7-8-19(22)24-20/h7-11,14H,12-13,15H2,1-3,5-6H3. The molecule has 0 bridgehead atoms. The number of benzene rings is 1. The average Bonchev–Trinajstić information content (AvgIpc) is 2.63. The Morgan fingerprint density at radius 3 is 2.50 bits per heavy atom. The average molecular weight is 463 g/mol. The van der Waals surface area contributed by atoms with Crippen molar-refractivity contribution in [3.8, 4) is 11.6 Å². The highest BCUT2D eigenvalue weighted by molar-refractivity contribution is 9.10. The first-order valence-corrected chi connectivity index (χ1v) is 12.8. The lowest BCUT2D eigenvalue weighted by atomic mass is 10.2. The van der Waals surface area contributed by atoms with Crippen LogP contribution in [0.2, 0.25) is 18.1 Å². The van der Waals surface area contributed by atoms with Gasteiger partial charge in [0, 0.05) is 11.6 Å². The van der Waals surface area contributed by atoms with Crippen molar-refractivity contribution >= 4 is 29.9 Å². The van der Waals surface area contributed by atoms with E-state index in [1.807, 2.05) is 18.2 Å². The number of hydrogen-bond donors (Lipinski definition) is 0. The fourth-order valence-corrected chi connectivity index (χ4v) is 3.51. The van der Waals surface area contributed by atoms with Crippen molar-refractivity contribution in [1.82, 2.24) is 4.98 Å². The maximum atomic E-state index is 7.24. The number of rotatable bonds is 8. The first-order valence-electron chi connectivity index (χ1n) is 9.15. The van der Waals surface area contributed by atoms with Gasteiger partial charge in [0.15, 0.2) is 14.0 Å². The Bertz CT molecular complexity index is 844. The number of ether oxygens (including phenoxy) is 2. The largest absolute Gasteiger partial charge is 0.492 e. The fraction of sp³-hybridized carbons (Fsp3) is 0.429. The number of pyridine rings is 1. The van der Waals surface area contributed by atoms with Gasteiger partial charge in [-0.3, -0.25) is 0 Å². The van der Waals surface area contributed by atoms with E-state index in [4.69, 9.17) is 20.5 Å². The highest BCUT2D eigenvalue weighted by Gasteiger charge is 2.36. The summed E-state index contributed by atoms with van der Waals surface area (Å²) in [7, 11) is -1.81. The molecule has 0 N–H and O–H groups in total. The van der Waals surface area contributed by atoms with Gasteiger partial charge >= 0.3 is 0 Å². The van der Waals surface area contributed by atoms with Crippen molar-refractivity contribution < 1.29 is 13.9 Å². The van der Waals surface area contributed by atoms with Crippen LogP contribution in [0.3, 0.4) is 0 Å². The van der Waals surface area contributed by atoms with Crippen molar-refractivity contribution in [3.63, 3.8) is 0 Å². The van der Waals surface area contributed by atoms with Crippen LogP contribution in [0.4, 0.5) is 5.69 Å². The second kappa shape index (κ2) is 9.55. The molecule has 28 heavy (non-hydrogen) atoms. The summed E-state index contributed by atoms with van der Waals surface area (Å²) < 4.78 is 18.6. The molecule has 5 nitrogen and oxygen atoms in total. The van der Waals surface area contributed by atoms with E-state index < -0.39 is 8.32 Å². The van der Waals surface area contributed by atoms with Crippen molar-refractivity contribution in [2.75, 3.05) is 13.2 Å². The molecule has 1 aromatic carbocycles. The van der Waals surface area contributed by atoms with E-state index in [1.54, 1.807) is 18.2 Å². The zero-order valence-corrected chi connectivity index (χ0v) is 19.7. The molecule has 0 spiro atoms. The summed E-state index contributed by atoms with van der Waals surface area (Å²) in [4.78, 5) is 7.76. The molecule has 2 rings (SSSR count). The molecular weight excluding hydrogens is 436 g/mol. The van der Waals surface area contributed by atoms with Gasteiger partial charge in [0.05, 0.1) is 13.2 Å². The highest BCUT2D eigenvalue weighted by Crippen LogP contribution is 2.36. The third-order valence-corrected chi connectivity index (χ3v) is 9.83. The maximum Gasteiger partial charge on any atom is 0.214 e. The van der Waals surface area contributed by atoms with Crippen LogP contribution in [-0.2, 0) is 11.0 Å². The summed E-state index contributed by atoms with van der Waals surface area (Å²) >= 11 is 3.33. The maximum absolute atomic E-state index is 7.24. The summed E-state index contributed by atoms with van der Waals surface area (Å²) in [6, 6.07) is 10.9. The second-order valence-corrected chi connectivity index (χ2v) is 13.6. The van der Waals surface area contributed by atoms with Crippen LogP contribution in [-0.4, -0.2) is 26.5 Å². The Morgan fingerprint density at radius 2 is 1.86 bits per heavy atom. The summed E-state index contributed by atoms with van der Waals surface area (Å²) in [5.41, 5.74) is 1.39. The lowest BCUT2D eigenvalue weighted by Gasteiger charge is -2.36. The lowest BCUT2D eigenvalue weighted by molar-refractivity contribution is 0.199. The third-order valence-electron chi connectivity index (χ3n) is 4.85. The molecule has 2 aromatic rings. The normalized spacial score (nSPS) is 11.8. The van der Waals surface area contributed by atoms with Crippen molar-refractivity contribution in [2.24, 2.45) is 0 Å². The number of nitrogens with zero attached hydrogens (tertiary/aromatic N) is 2. The van der Waals surface area contributed by atoms with Gasteiger partial charge in [0.2, 0.25) is 5.88 Å². The van der Waals surface area contributed by atoms with Crippen molar-refractivity contribution in [1.29, 1.82) is 0 Å². The molecule has 0 radical (unpaired) electrons. The summed E-state index contributed by atoms with van der Waals surface area (Å²) in [5.74, 6) is 1.16. The number of aromatic nitrogens is 1. The molecule has 0 amide bonds. The van der Waals surface area contributed by atoms with Gasteiger partial charge in [-0.25, -0.2) is 9.83 Å². The van der Waals surface area contributed by atoms with Crippen LogP contribution in [0.15, 0.2) is 41.0 Å². The molecule has 0 aliphatic carbocycles. The van der Waals surface area contributed by atoms with Gasteiger partial charge in [0.1, 0.15) is 23.6 Å². The first-order chi connectivity index (χ1) is 13.1. The number of hydrogen-bond acceptors (Lipinski definition) is 4. The lowest BCUT2D eigenvalue weighted by Crippen LogP contribution is -2.41. The van der Waals surface area contributed by atoms with Gasteiger partial charge in [-0.05, 0) is 46.2 Å². The van der Waals surface area contributed by atoms with Crippen LogP contribution in [0.1, 0.15) is 26.3 Å². The minimum atomic E-state index is -1.81. The quantitative estimate of drug-likeness (QED) is 0.197. The van der Waals surface area contributed by atoms with E-state index in [-0.39, 0.29) is 5.04 Å². The van der Waals surface area contributed by atoms with Crippen LogP contribution in [0, 0.1) is 6.57 Å². The van der Waals surface area contributed by atoms with Gasteiger partial charge in [0.25, 0.3) is 0 Å². The minimum absolute atomic E-state index is 0.160. The molecule has 0 fully saturated rings. The fourth-order valence-electron chi connectivity index (χ4n) is 2.15. The molecule has 0 saturated heterocycles. The summed E-state index contributed by atoms with van der Waals surface area (Å²) in [6.45, 7) is 19.6. The van der Waals surface area contributed by atoms with E-state index >= 15 is 0 Å². The van der Waals surface area contributed by atoms with E-state index in [2.05, 4.69) is 59.6 Å². The smallest absolute Gasteiger partial charge is 0.214 e. The molecule has 1 aromatic heterocycles. The molecule has 0 aliphatic heterocycles. The first kappa shape index (κ1) is 22.4. The zero-order valence-electron chi connectivity index (χ0n) is 17.1. The van der Waals surface area contributed by atoms with E-state index in [1.165, 1.54) is 0 Å². The molecule has 7 heteroatoms. The number of halogens is 1. The van der Waals surface area contributed by atoms with Gasteiger partial charge in [-0.1, -0.05) is 39.0 Å². The Hall–Kier alpha value is -1.88. The molecule has 150 valence electrons. The van der Waals surface area contributed by atoms with Gasteiger partial charge in [-0.2, -0.15) is 0 Å².